The molecule has 0 saturated carbocycles. The Bertz CT molecular complexity index is 629. The van der Waals surface area contributed by atoms with Gasteiger partial charge in [-0.1, -0.05) is 12.1 Å². The van der Waals surface area contributed by atoms with Gasteiger partial charge in [-0.3, -0.25) is 0 Å². The van der Waals surface area contributed by atoms with Crippen molar-refractivity contribution in [1.29, 1.82) is 0 Å². The van der Waals surface area contributed by atoms with Crippen LogP contribution in [0.25, 0.3) is 0 Å². The molecular weight excluding hydrogens is 308 g/mol. The number of hydrogen-bond acceptors (Lipinski definition) is 4. The zero-order valence-electron chi connectivity index (χ0n) is 10.7. The Morgan fingerprint density at radius 2 is 2.16 bits per heavy atom. The van der Waals surface area contributed by atoms with E-state index < -0.39 is 0 Å². The van der Waals surface area contributed by atoms with Gasteiger partial charge in [0.15, 0.2) is 11.5 Å². The molecule has 1 aliphatic rings. The third-order valence-corrected chi connectivity index (χ3v) is 3.31. The van der Waals surface area contributed by atoms with E-state index in [1.165, 1.54) is 6.33 Å². The van der Waals surface area contributed by atoms with Crippen LogP contribution in [0.1, 0.15) is 19.4 Å². The quantitative estimate of drug-likeness (QED) is 0.790. The van der Waals surface area contributed by atoms with Crippen LogP contribution in [0.4, 0.5) is 0 Å². The van der Waals surface area contributed by atoms with Crippen molar-refractivity contribution in [2.24, 2.45) is 0 Å². The van der Waals surface area contributed by atoms with Gasteiger partial charge in [0, 0.05) is 18.1 Å². The van der Waals surface area contributed by atoms with Crippen molar-refractivity contribution in [2.45, 2.75) is 25.9 Å². The van der Waals surface area contributed by atoms with Crippen molar-refractivity contribution in [3.8, 4) is 17.4 Å². The summed E-state index contributed by atoms with van der Waals surface area (Å²) in [5.41, 5.74) is 0.976. The molecule has 19 heavy (non-hydrogen) atoms. The van der Waals surface area contributed by atoms with Gasteiger partial charge in [-0.15, -0.1) is 0 Å². The van der Waals surface area contributed by atoms with E-state index in [1.54, 1.807) is 6.07 Å². The molecule has 98 valence electrons. The van der Waals surface area contributed by atoms with Crippen molar-refractivity contribution in [1.82, 2.24) is 9.97 Å². The number of aromatic nitrogens is 2. The molecule has 0 spiro atoms. The first kappa shape index (κ1) is 12.4. The fourth-order valence-electron chi connectivity index (χ4n) is 2.15. The van der Waals surface area contributed by atoms with Gasteiger partial charge in [-0.05, 0) is 35.8 Å². The molecule has 0 N–H and O–H groups in total. The first-order chi connectivity index (χ1) is 9.03. The van der Waals surface area contributed by atoms with Gasteiger partial charge in [0.2, 0.25) is 5.88 Å². The highest BCUT2D eigenvalue weighted by Gasteiger charge is 2.32. The van der Waals surface area contributed by atoms with Gasteiger partial charge in [0.1, 0.15) is 16.5 Å². The third kappa shape index (κ3) is 2.56. The minimum Gasteiger partial charge on any atom is -0.483 e. The zero-order chi connectivity index (χ0) is 13.5. The Hall–Kier alpha value is -1.62. The van der Waals surface area contributed by atoms with E-state index in [0.29, 0.717) is 16.2 Å². The number of rotatable bonds is 2. The van der Waals surface area contributed by atoms with Gasteiger partial charge < -0.3 is 9.47 Å². The number of para-hydroxylation sites is 1. The summed E-state index contributed by atoms with van der Waals surface area (Å²) in [7, 11) is 0. The Kier molecular flexibility index (Phi) is 2.93. The number of nitrogens with zero attached hydrogens (tertiary/aromatic N) is 2. The van der Waals surface area contributed by atoms with Gasteiger partial charge in [0.25, 0.3) is 0 Å². The molecule has 2 heterocycles. The summed E-state index contributed by atoms with van der Waals surface area (Å²) in [6.07, 6.45) is 2.33. The lowest BCUT2D eigenvalue weighted by atomic mass is 10.0. The molecule has 5 heteroatoms. The predicted octanol–water partition coefficient (Wildman–Crippen LogP) is 3.74. The standard InChI is InChI=1S/C14H13BrN2O2/c1-14(2)7-9-4-3-5-10(13(9)19-14)18-12-6-11(15)16-8-17-12/h3-6,8H,7H2,1-2H3. The van der Waals surface area contributed by atoms with E-state index in [2.05, 4.69) is 45.8 Å². The minimum atomic E-state index is -0.186. The molecular formula is C14H13BrN2O2. The van der Waals surface area contributed by atoms with Crippen LogP contribution in [-0.2, 0) is 6.42 Å². The van der Waals surface area contributed by atoms with Crippen LogP contribution in [0, 0.1) is 0 Å². The highest BCUT2D eigenvalue weighted by Crippen LogP contribution is 2.43. The number of fused-ring (bicyclic) bond motifs is 1. The highest BCUT2D eigenvalue weighted by molar-refractivity contribution is 9.10. The summed E-state index contributed by atoms with van der Waals surface area (Å²) in [5.74, 6) is 1.99. The molecule has 0 amide bonds. The maximum atomic E-state index is 5.95. The summed E-state index contributed by atoms with van der Waals surface area (Å²) in [5, 5.41) is 0. The highest BCUT2D eigenvalue weighted by atomic mass is 79.9. The summed E-state index contributed by atoms with van der Waals surface area (Å²) >= 11 is 3.29. The van der Waals surface area contributed by atoms with E-state index in [1.807, 2.05) is 12.1 Å². The summed E-state index contributed by atoms with van der Waals surface area (Å²) in [6.45, 7) is 4.14. The average Bonchev–Trinajstić information content (AvgIpc) is 2.64. The Morgan fingerprint density at radius 3 is 2.95 bits per heavy atom. The van der Waals surface area contributed by atoms with Gasteiger partial charge in [0.05, 0.1) is 0 Å². The first-order valence-electron chi connectivity index (χ1n) is 6.00. The number of benzene rings is 1. The second kappa shape index (κ2) is 4.49. The van der Waals surface area contributed by atoms with Crippen LogP contribution in [0.2, 0.25) is 0 Å². The van der Waals surface area contributed by atoms with Crippen molar-refractivity contribution < 1.29 is 9.47 Å². The van der Waals surface area contributed by atoms with E-state index in [9.17, 15) is 0 Å². The van der Waals surface area contributed by atoms with Crippen molar-refractivity contribution in [3.05, 3.63) is 40.8 Å². The summed E-state index contributed by atoms with van der Waals surface area (Å²) < 4.78 is 12.4. The molecule has 4 nitrogen and oxygen atoms in total. The molecule has 0 radical (unpaired) electrons. The molecule has 0 fully saturated rings. The minimum absolute atomic E-state index is 0.186. The number of ether oxygens (including phenoxy) is 2. The first-order valence-corrected chi connectivity index (χ1v) is 6.79. The van der Waals surface area contributed by atoms with Crippen LogP contribution >= 0.6 is 15.9 Å². The van der Waals surface area contributed by atoms with Crippen molar-refractivity contribution in [3.63, 3.8) is 0 Å². The average molecular weight is 321 g/mol. The third-order valence-electron chi connectivity index (χ3n) is 2.88. The monoisotopic (exact) mass is 320 g/mol. The van der Waals surface area contributed by atoms with Gasteiger partial charge in [-0.2, -0.15) is 0 Å². The van der Waals surface area contributed by atoms with Crippen LogP contribution in [0.3, 0.4) is 0 Å². The fourth-order valence-corrected chi connectivity index (χ4v) is 2.44. The molecule has 1 aromatic heterocycles. The molecule has 0 unspecified atom stereocenters. The van der Waals surface area contributed by atoms with E-state index in [4.69, 9.17) is 9.47 Å². The molecule has 0 bridgehead atoms. The van der Waals surface area contributed by atoms with E-state index in [0.717, 1.165) is 17.7 Å². The Morgan fingerprint density at radius 1 is 1.32 bits per heavy atom. The van der Waals surface area contributed by atoms with Gasteiger partial charge in [-0.25, -0.2) is 9.97 Å². The maximum absolute atomic E-state index is 5.95. The maximum Gasteiger partial charge on any atom is 0.223 e. The molecule has 1 aliphatic heterocycles. The molecule has 0 saturated heterocycles. The lowest BCUT2D eigenvalue weighted by Crippen LogP contribution is -2.24. The largest absolute Gasteiger partial charge is 0.483 e. The van der Waals surface area contributed by atoms with Crippen molar-refractivity contribution >= 4 is 15.9 Å². The van der Waals surface area contributed by atoms with Crippen LogP contribution < -0.4 is 9.47 Å². The van der Waals surface area contributed by atoms with Crippen LogP contribution in [0.5, 0.6) is 17.4 Å². The Balaban J connectivity index is 1.94. The van der Waals surface area contributed by atoms with Crippen LogP contribution in [-0.4, -0.2) is 15.6 Å². The van der Waals surface area contributed by atoms with Crippen LogP contribution in [0.15, 0.2) is 35.2 Å². The van der Waals surface area contributed by atoms with Crippen molar-refractivity contribution in [2.75, 3.05) is 0 Å². The number of hydrogen-bond donors (Lipinski definition) is 0. The van der Waals surface area contributed by atoms with E-state index in [-0.39, 0.29) is 5.60 Å². The second-order valence-electron chi connectivity index (χ2n) is 5.06. The Labute approximate surface area is 119 Å². The predicted molar refractivity (Wildman–Crippen MR) is 74.7 cm³/mol. The molecule has 0 atom stereocenters. The molecule has 3 rings (SSSR count). The lowest BCUT2D eigenvalue weighted by Gasteiger charge is -2.18. The zero-order valence-corrected chi connectivity index (χ0v) is 12.3. The normalized spacial score (nSPS) is 15.7. The van der Waals surface area contributed by atoms with E-state index >= 15 is 0 Å². The smallest absolute Gasteiger partial charge is 0.223 e. The summed E-state index contributed by atoms with van der Waals surface area (Å²) in [6, 6.07) is 7.64. The second-order valence-corrected chi connectivity index (χ2v) is 5.88. The van der Waals surface area contributed by atoms with Gasteiger partial charge >= 0.3 is 0 Å². The topological polar surface area (TPSA) is 44.2 Å². The molecule has 2 aromatic rings. The number of halogens is 1. The lowest BCUT2D eigenvalue weighted by molar-refractivity contribution is 0.135. The summed E-state index contributed by atoms with van der Waals surface area (Å²) in [4.78, 5) is 8.05. The molecule has 0 aliphatic carbocycles. The fraction of sp³-hybridized carbons (Fsp3) is 0.286. The molecule has 1 aromatic carbocycles. The SMILES string of the molecule is CC1(C)Cc2cccc(Oc3cc(Br)ncn3)c2O1.